The zero-order chi connectivity index (χ0) is 8.97. The molecule has 0 aliphatic heterocycles. The van der Waals surface area contributed by atoms with Gasteiger partial charge in [0.15, 0.2) is 0 Å². The molecular formula is C8H9BrClNO. The number of halogens is 2. The second kappa shape index (κ2) is 4.82. The SMILES string of the molecule is O[C@H](CNCl)c1cccc(Br)c1. The largest absolute Gasteiger partial charge is 0.387 e. The summed E-state index contributed by atoms with van der Waals surface area (Å²) in [6.07, 6.45) is -0.556. The molecule has 0 aliphatic carbocycles. The van der Waals surface area contributed by atoms with E-state index in [1.54, 1.807) is 0 Å². The summed E-state index contributed by atoms with van der Waals surface area (Å²) in [6, 6.07) is 7.49. The van der Waals surface area contributed by atoms with Gasteiger partial charge in [-0.2, -0.15) is 0 Å². The molecule has 1 atom stereocenters. The highest BCUT2D eigenvalue weighted by Gasteiger charge is 2.05. The standard InChI is InChI=1S/C8H9BrClNO/c9-7-3-1-2-6(4-7)8(12)5-11-10/h1-4,8,11-12H,5H2/t8-/m1/s1. The molecule has 1 aromatic rings. The van der Waals surface area contributed by atoms with Gasteiger partial charge in [-0.05, 0) is 29.5 Å². The Morgan fingerprint density at radius 3 is 2.92 bits per heavy atom. The van der Waals surface area contributed by atoms with Crippen molar-refractivity contribution in [3.63, 3.8) is 0 Å². The normalized spacial score (nSPS) is 12.9. The third-order valence-corrected chi connectivity index (χ3v) is 2.15. The molecule has 2 nitrogen and oxygen atoms in total. The first-order chi connectivity index (χ1) is 5.74. The van der Waals surface area contributed by atoms with E-state index in [4.69, 9.17) is 11.8 Å². The Morgan fingerprint density at radius 1 is 1.58 bits per heavy atom. The summed E-state index contributed by atoms with van der Waals surface area (Å²) < 4.78 is 0.952. The van der Waals surface area contributed by atoms with E-state index in [9.17, 15) is 5.11 Å². The van der Waals surface area contributed by atoms with Crippen LogP contribution in [0.4, 0.5) is 0 Å². The van der Waals surface area contributed by atoms with E-state index >= 15 is 0 Å². The Balaban J connectivity index is 2.73. The van der Waals surface area contributed by atoms with Gasteiger partial charge in [-0.1, -0.05) is 28.1 Å². The third kappa shape index (κ3) is 2.75. The van der Waals surface area contributed by atoms with Crippen LogP contribution in [0.3, 0.4) is 0 Å². The van der Waals surface area contributed by atoms with Crippen LogP contribution in [0.5, 0.6) is 0 Å². The lowest BCUT2D eigenvalue weighted by atomic mass is 10.1. The van der Waals surface area contributed by atoms with Gasteiger partial charge in [-0.25, -0.2) is 4.84 Å². The molecule has 2 N–H and O–H groups in total. The summed E-state index contributed by atoms with van der Waals surface area (Å²) in [6.45, 7) is 0.345. The highest BCUT2D eigenvalue weighted by atomic mass is 79.9. The van der Waals surface area contributed by atoms with Crippen LogP contribution in [-0.2, 0) is 0 Å². The van der Waals surface area contributed by atoms with Crippen molar-refractivity contribution in [1.82, 2.24) is 4.84 Å². The molecule has 0 saturated heterocycles. The van der Waals surface area contributed by atoms with Gasteiger partial charge in [0.2, 0.25) is 0 Å². The van der Waals surface area contributed by atoms with Gasteiger partial charge in [0, 0.05) is 11.0 Å². The van der Waals surface area contributed by atoms with Crippen LogP contribution < -0.4 is 4.84 Å². The van der Waals surface area contributed by atoms with Crippen LogP contribution in [0.15, 0.2) is 28.7 Å². The fourth-order valence-corrected chi connectivity index (χ4v) is 1.47. The number of aliphatic hydroxyl groups is 1. The van der Waals surface area contributed by atoms with Crippen LogP contribution in [-0.4, -0.2) is 11.7 Å². The Kier molecular flexibility index (Phi) is 4.01. The zero-order valence-corrected chi connectivity index (χ0v) is 8.64. The van der Waals surface area contributed by atoms with Crippen molar-refractivity contribution >= 4 is 27.7 Å². The Bertz CT molecular complexity index is 257. The molecule has 0 unspecified atom stereocenters. The minimum atomic E-state index is -0.556. The summed E-state index contributed by atoms with van der Waals surface area (Å²) in [7, 11) is 0. The molecule has 1 aromatic carbocycles. The minimum absolute atomic E-state index is 0.345. The Hall–Kier alpha value is -0.0900. The van der Waals surface area contributed by atoms with Crippen molar-refractivity contribution < 1.29 is 5.11 Å². The van der Waals surface area contributed by atoms with Gasteiger partial charge in [-0.15, -0.1) is 0 Å². The third-order valence-electron chi connectivity index (χ3n) is 1.50. The monoisotopic (exact) mass is 249 g/mol. The van der Waals surface area contributed by atoms with Crippen molar-refractivity contribution in [1.29, 1.82) is 0 Å². The fourth-order valence-electron chi connectivity index (χ4n) is 0.905. The van der Waals surface area contributed by atoms with Gasteiger partial charge >= 0.3 is 0 Å². The van der Waals surface area contributed by atoms with Gasteiger partial charge < -0.3 is 5.11 Å². The summed E-state index contributed by atoms with van der Waals surface area (Å²) >= 11 is 8.58. The maximum Gasteiger partial charge on any atom is 0.0927 e. The van der Waals surface area contributed by atoms with E-state index in [0.29, 0.717) is 6.54 Å². The average Bonchev–Trinajstić information content (AvgIpc) is 2.05. The van der Waals surface area contributed by atoms with E-state index in [1.807, 2.05) is 24.3 Å². The van der Waals surface area contributed by atoms with Crippen molar-refractivity contribution in [2.45, 2.75) is 6.10 Å². The molecule has 0 heterocycles. The number of benzene rings is 1. The lowest BCUT2D eigenvalue weighted by Gasteiger charge is -2.08. The van der Waals surface area contributed by atoms with Crippen molar-refractivity contribution in [3.05, 3.63) is 34.3 Å². The molecule has 0 saturated carbocycles. The number of aliphatic hydroxyl groups excluding tert-OH is 1. The van der Waals surface area contributed by atoms with E-state index in [-0.39, 0.29) is 0 Å². The predicted molar refractivity (Wildman–Crippen MR) is 53.0 cm³/mol. The number of hydrogen-bond acceptors (Lipinski definition) is 2. The van der Waals surface area contributed by atoms with Crippen molar-refractivity contribution in [2.75, 3.05) is 6.54 Å². The lowest BCUT2D eigenvalue weighted by Crippen LogP contribution is -2.12. The summed E-state index contributed by atoms with van der Waals surface area (Å²) in [5.74, 6) is 0. The average molecular weight is 251 g/mol. The highest BCUT2D eigenvalue weighted by Crippen LogP contribution is 2.17. The van der Waals surface area contributed by atoms with Gasteiger partial charge in [0.1, 0.15) is 0 Å². The summed E-state index contributed by atoms with van der Waals surface area (Å²) in [5, 5.41) is 9.48. The van der Waals surface area contributed by atoms with E-state index in [0.717, 1.165) is 10.0 Å². The summed E-state index contributed by atoms with van der Waals surface area (Å²) in [5.41, 5.74) is 0.845. The molecule has 0 amide bonds. The molecule has 0 bridgehead atoms. The number of hydrogen-bond donors (Lipinski definition) is 2. The van der Waals surface area contributed by atoms with Crippen LogP contribution in [0, 0.1) is 0 Å². The van der Waals surface area contributed by atoms with E-state index in [2.05, 4.69) is 20.8 Å². The number of nitrogens with one attached hydrogen (secondary N) is 1. The molecule has 0 aromatic heterocycles. The molecule has 66 valence electrons. The zero-order valence-electron chi connectivity index (χ0n) is 6.30. The van der Waals surface area contributed by atoms with E-state index < -0.39 is 6.10 Å². The molecule has 1 rings (SSSR count). The van der Waals surface area contributed by atoms with E-state index in [1.165, 1.54) is 0 Å². The maximum absolute atomic E-state index is 9.48. The molecule has 0 aliphatic rings. The number of rotatable bonds is 3. The van der Waals surface area contributed by atoms with Crippen LogP contribution >= 0.6 is 27.7 Å². The second-order valence-electron chi connectivity index (χ2n) is 2.41. The summed E-state index contributed by atoms with van der Waals surface area (Å²) in [4.78, 5) is 2.39. The molecule has 0 spiro atoms. The molecular weight excluding hydrogens is 241 g/mol. The highest BCUT2D eigenvalue weighted by molar-refractivity contribution is 9.10. The Labute approximate surface area is 84.8 Å². The molecule has 0 radical (unpaired) electrons. The van der Waals surface area contributed by atoms with Gasteiger partial charge in [0.25, 0.3) is 0 Å². The first-order valence-corrected chi connectivity index (χ1v) is 4.68. The van der Waals surface area contributed by atoms with Crippen LogP contribution in [0.2, 0.25) is 0 Å². The first-order valence-electron chi connectivity index (χ1n) is 3.51. The maximum atomic E-state index is 9.48. The second-order valence-corrected chi connectivity index (χ2v) is 3.59. The predicted octanol–water partition coefficient (Wildman–Crippen LogP) is 2.23. The van der Waals surface area contributed by atoms with Crippen LogP contribution in [0.1, 0.15) is 11.7 Å². The molecule has 4 heteroatoms. The van der Waals surface area contributed by atoms with Crippen LogP contribution in [0.25, 0.3) is 0 Å². The quantitative estimate of drug-likeness (QED) is 0.807. The first kappa shape index (κ1) is 9.99. The van der Waals surface area contributed by atoms with Crippen molar-refractivity contribution in [3.8, 4) is 0 Å². The molecule has 0 fully saturated rings. The minimum Gasteiger partial charge on any atom is -0.387 e. The van der Waals surface area contributed by atoms with Gasteiger partial charge in [0.05, 0.1) is 6.10 Å². The molecule has 12 heavy (non-hydrogen) atoms. The topological polar surface area (TPSA) is 32.3 Å². The van der Waals surface area contributed by atoms with Crippen molar-refractivity contribution in [2.24, 2.45) is 0 Å². The smallest absolute Gasteiger partial charge is 0.0927 e. The van der Waals surface area contributed by atoms with Gasteiger partial charge in [-0.3, -0.25) is 0 Å². The Morgan fingerprint density at radius 2 is 2.33 bits per heavy atom. The lowest BCUT2D eigenvalue weighted by molar-refractivity contribution is 0.182. The fraction of sp³-hybridized carbons (Fsp3) is 0.250.